The number of hydrogen-bond donors (Lipinski definition) is 1. The minimum Gasteiger partial charge on any atom is -0.325 e. The Kier molecular flexibility index (Phi) is 7.62. The number of benzene rings is 2. The van der Waals surface area contributed by atoms with Gasteiger partial charge in [0.25, 0.3) is 0 Å². The molecule has 9 heteroatoms. The van der Waals surface area contributed by atoms with Gasteiger partial charge in [-0.2, -0.15) is 0 Å². The number of nitrogens with zero attached hydrogens (tertiary/aromatic N) is 1. The maximum absolute atomic E-state index is 12.3. The molecule has 0 saturated heterocycles. The van der Waals surface area contributed by atoms with Crippen molar-refractivity contribution in [3.63, 3.8) is 0 Å². The van der Waals surface area contributed by atoms with Crippen molar-refractivity contribution < 1.29 is 13.2 Å². The van der Waals surface area contributed by atoms with Crippen LogP contribution in [0.4, 0.5) is 11.4 Å². The highest BCUT2D eigenvalue weighted by molar-refractivity contribution is 7.92. The van der Waals surface area contributed by atoms with Gasteiger partial charge in [-0.05, 0) is 49.6 Å². The summed E-state index contributed by atoms with van der Waals surface area (Å²) >= 11 is 17.9. The fraction of sp³-hybridized carbons (Fsp3) is 0.316. The lowest BCUT2D eigenvalue weighted by molar-refractivity contribution is -0.116. The van der Waals surface area contributed by atoms with Crippen LogP contribution >= 0.6 is 34.8 Å². The van der Waals surface area contributed by atoms with E-state index in [1.54, 1.807) is 0 Å². The zero-order chi connectivity index (χ0) is 21.1. The first-order valence-electron chi connectivity index (χ1n) is 8.48. The molecule has 2 rings (SSSR count). The Morgan fingerprint density at radius 1 is 1.04 bits per heavy atom. The number of sulfonamides is 1. The first-order valence-corrected chi connectivity index (χ1v) is 11.5. The van der Waals surface area contributed by atoms with Gasteiger partial charge in [0.1, 0.15) is 0 Å². The molecule has 0 atom stereocenters. The smallest absolute Gasteiger partial charge is 0.232 e. The molecule has 0 spiro atoms. The van der Waals surface area contributed by atoms with Crippen LogP contribution in [-0.2, 0) is 14.8 Å². The third-order valence-electron chi connectivity index (χ3n) is 4.08. The van der Waals surface area contributed by atoms with E-state index >= 15 is 0 Å². The van der Waals surface area contributed by atoms with Gasteiger partial charge in [-0.15, -0.1) is 0 Å². The van der Waals surface area contributed by atoms with Crippen LogP contribution < -0.4 is 9.62 Å². The van der Waals surface area contributed by atoms with Crippen molar-refractivity contribution in [2.45, 2.75) is 26.7 Å². The molecule has 1 amide bonds. The maximum atomic E-state index is 12.3. The van der Waals surface area contributed by atoms with E-state index in [0.29, 0.717) is 22.8 Å². The second kappa shape index (κ2) is 9.35. The van der Waals surface area contributed by atoms with Crippen LogP contribution in [0.25, 0.3) is 0 Å². The minimum atomic E-state index is -3.48. The van der Waals surface area contributed by atoms with Gasteiger partial charge in [0.2, 0.25) is 15.9 Å². The first-order chi connectivity index (χ1) is 13.0. The van der Waals surface area contributed by atoms with E-state index in [1.165, 1.54) is 16.4 Å². The Morgan fingerprint density at radius 2 is 1.68 bits per heavy atom. The summed E-state index contributed by atoms with van der Waals surface area (Å²) in [5.41, 5.74) is 2.79. The maximum Gasteiger partial charge on any atom is 0.232 e. The zero-order valence-corrected chi connectivity index (χ0v) is 18.8. The van der Waals surface area contributed by atoms with Crippen LogP contribution in [0, 0.1) is 13.8 Å². The Hall–Kier alpha value is -1.47. The number of carbonyl (C=O) groups excluding carboxylic acids is 1. The number of rotatable bonds is 7. The largest absolute Gasteiger partial charge is 0.325 e. The number of halogens is 3. The Bertz CT molecular complexity index is 994. The third-order valence-corrected chi connectivity index (χ3v) is 6.30. The van der Waals surface area contributed by atoms with E-state index in [0.717, 1.165) is 17.4 Å². The lowest BCUT2D eigenvalue weighted by atomic mass is 10.1. The van der Waals surface area contributed by atoms with Crippen molar-refractivity contribution >= 4 is 62.1 Å². The van der Waals surface area contributed by atoms with Gasteiger partial charge in [0, 0.05) is 13.0 Å². The van der Waals surface area contributed by atoms with Crippen LogP contribution in [0.15, 0.2) is 30.3 Å². The van der Waals surface area contributed by atoms with Crippen LogP contribution in [-0.4, -0.2) is 27.1 Å². The molecule has 28 heavy (non-hydrogen) atoms. The van der Waals surface area contributed by atoms with E-state index in [9.17, 15) is 13.2 Å². The van der Waals surface area contributed by atoms with Gasteiger partial charge in [-0.1, -0.05) is 46.9 Å². The average molecular weight is 464 g/mol. The van der Waals surface area contributed by atoms with Crippen LogP contribution in [0.3, 0.4) is 0 Å². The molecule has 0 aliphatic rings. The molecule has 2 aromatic carbocycles. The monoisotopic (exact) mass is 462 g/mol. The molecule has 2 aromatic rings. The molecule has 0 unspecified atom stereocenters. The fourth-order valence-electron chi connectivity index (χ4n) is 2.67. The third kappa shape index (κ3) is 6.01. The average Bonchev–Trinajstić information content (AvgIpc) is 2.58. The minimum absolute atomic E-state index is 0.119. The summed E-state index contributed by atoms with van der Waals surface area (Å²) in [5.74, 6) is -0.297. The molecule has 0 saturated carbocycles. The zero-order valence-electron chi connectivity index (χ0n) is 15.7. The summed E-state index contributed by atoms with van der Waals surface area (Å²) in [6.45, 7) is 3.94. The summed E-state index contributed by atoms with van der Waals surface area (Å²) in [6.07, 6.45) is 1.61. The lowest BCUT2D eigenvalue weighted by Gasteiger charge is -2.24. The number of anilines is 2. The highest BCUT2D eigenvalue weighted by Gasteiger charge is 2.19. The van der Waals surface area contributed by atoms with Crippen molar-refractivity contribution in [3.8, 4) is 0 Å². The Labute approximate surface area is 180 Å². The molecule has 0 aliphatic heterocycles. The van der Waals surface area contributed by atoms with Crippen molar-refractivity contribution in [2.75, 3.05) is 22.4 Å². The molecular formula is C19H21Cl3N2O3S. The predicted molar refractivity (Wildman–Crippen MR) is 117 cm³/mol. The quantitative estimate of drug-likeness (QED) is 0.555. The number of hydrogen-bond acceptors (Lipinski definition) is 3. The topological polar surface area (TPSA) is 66.5 Å². The van der Waals surface area contributed by atoms with Gasteiger partial charge in [-0.25, -0.2) is 8.42 Å². The van der Waals surface area contributed by atoms with E-state index in [2.05, 4.69) is 5.32 Å². The molecule has 0 aromatic heterocycles. The number of aryl methyl sites for hydroxylation is 2. The van der Waals surface area contributed by atoms with Crippen molar-refractivity contribution in [3.05, 3.63) is 56.5 Å². The van der Waals surface area contributed by atoms with E-state index in [-0.39, 0.29) is 28.9 Å². The van der Waals surface area contributed by atoms with Crippen molar-refractivity contribution in [2.24, 2.45) is 0 Å². The predicted octanol–water partition coefficient (Wildman–Crippen LogP) is 5.45. The standard InChI is InChI=1S/C19H21Cl3N2O3S/c1-12-6-7-13(2)18(9-12)24(28(3,26)27)8-4-5-19(25)23-17-11-15(21)14(20)10-16(17)22/h6-7,9-11H,4-5,8H2,1-3H3,(H,23,25). The molecular weight excluding hydrogens is 443 g/mol. The van der Waals surface area contributed by atoms with Gasteiger partial charge in [0.15, 0.2) is 0 Å². The first kappa shape index (κ1) is 22.8. The highest BCUT2D eigenvalue weighted by Crippen LogP contribution is 2.32. The van der Waals surface area contributed by atoms with E-state index < -0.39 is 10.0 Å². The summed E-state index contributed by atoms with van der Waals surface area (Å²) in [6, 6.07) is 8.55. The van der Waals surface area contributed by atoms with Gasteiger partial charge in [0.05, 0.1) is 32.7 Å². The van der Waals surface area contributed by atoms with E-state index in [1.807, 2.05) is 32.0 Å². The van der Waals surface area contributed by atoms with Crippen LogP contribution in [0.1, 0.15) is 24.0 Å². The van der Waals surface area contributed by atoms with Crippen molar-refractivity contribution in [1.82, 2.24) is 0 Å². The molecule has 1 N–H and O–H groups in total. The van der Waals surface area contributed by atoms with Gasteiger partial charge in [-0.3, -0.25) is 9.10 Å². The summed E-state index contributed by atoms with van der Waals surface area (Å²) < 4.78 is 25.8. The highest BCUT2D eigenvalue weighted by atomic mass is 35.5. The second-order valence-electron chi connectivity index (χ2n) is 6.52. The van der Waals surface area contributed by atoms with Crippen LogP contribution in [0.2, 0.25) is 15.1 Å². The molecule has 5 nitrogen and oxygen atoms in total. The molecule has 0 bridgehead atoms. The molecule has 0 radical (unpaired) electrons. The van der Waals surface area contributed by atoms with Crippen LogP contribution in [0.5, 0.6) is 0 Å². The fourth-order valence-corrected chi connectivity index (χ4v) is 4.28. The molecule has 0 heterocycles. The Morgan fingerprint density at radius 3 is 2.32 bits per heavy atom. The van der Waals surface area contributed by atoms with Gasteiger partial charge >= 0.3 is 0 Å². The number of amides is 1. The molecule has 0 aliphatic carbocycles. The van der Waals surface area contributed by atoms with E-state index in [4.69, 9.17) is 34.8 Å². The van der Waals surface area contributed by atoms with Gasteiger partial charge < -0.3 is 5.32 Å². The normalized spacial score (nSPS) is 11.4. The summed E-state index contributed by atoms with van der Waals surface area (Å²) in [5, 5.41) is 3.51. The SMILES string of the molecule is Cc1ccc(C)c(N(CCCC(=O)Nc2cc(Cl)c(Cl)cc2Cl)S(C)(=O)=O)c1. The number of carbonyl (C=O) groups is 1. The summed E-state index contributed by atoms with van der Waals surface area (Å²) in [7, 11) is -3.48. The molecule has 152 valence electrons. The second-order valence-corrected chi connectivity index (χ2v) is 9.65. The van der Waals surface area contributed by atoms with Crippen molar-refractivity contribution in [1.29, 1.82) is 0 Å². The molecule has 0 fully saturated rings. The summed E-state index contributed by atoms with van der Waals surface area (Å²) in [4.78, 5) is 12.2. The number of nitrogens with one attached hydrogen (secondary N) is 1. The Balaban J connectivity index is 2.06. The lowest BCUT2D eigenvalue weighted by Crippen LogP contribution is -2.32.